The van der Waals surface area contributed by atoms with Gasteiger partial charge in [0.05, 0.1) is 0 Å². The average Bonchev–Trinajstić information content (AvgIpc) is 2.56. The number of benzene rings is 2. The zero-order chi connectivity index (χ0) is 13.8. The van der Waals surface area contributed by atoms with Crippen LogP contribution in [0.15, 0.2) is 73.1 Å². The number of hydrogen-bond acceptors (Lipinski definition) is 2. The molecule has 20 heavy (non-hydrogen) atoms. The number of rotatable bonds is 3. The molecule has 0 aliphatic carbocycles. The first kappa shape index (κ1) is 12.9. The van der Waals surface area contributed by atoms with Gasteiger partial charge in [0.2, 0.25) is 0 Å². The predicted molar refractivity (Wildman–Crippen MR) is 87.8 cm³/mol. The van der Waals surface area contributed by atoms with E-state index in [4.69, 9.17) is 0 Å². The lowest BCUT2D eigenvalue weighted by molar-refractivity contribution is 1.33. The fraction of sp³-hybridized carbons (Fsp3) is 0.0556. The van der Waals surface area contributed by atoms with E-state index in [9.17, 15) is 0 Å². The third kappa shape index (κ3) is 2.75. The van der Waals surface area contributed by atoms with Crippen molar-refractivity contribution in [1.82, 2.24) is 4.98 Å². The number of hydrogen-bond donors (Lipinski definition) is 1. The molecular formula is C18H15NS. The number of thiol groups is 1. The molecule has 0 aliphatic rings. The van der Waals surface area contributed by atoms with Gasteiger partial charge < -0.3 is 0 Å². The maximum absolute atomic E-state index is 4.28. The first-order valence-corrected chi connectivity index (χ1v) is 7.21. The lowest BCUT2D eigenvalue weighted by Crippen LogP contribution is -1.82. The first-order valence-electron chi connectivity index (χ1n) is 6.57. The second-order valence-corrected chi connectivity index (χ2v) is 4.98. The minimum atomic E-state index is 0.779. The number of aromatic nitrogens is 1. The molecule has 0 aliphatic heterocycles. The maximum Gasteiger partial charge on any atom is 0.0273 e. The molecule has 0 saturated carbocycles. The van der Waals surface area contributed by atoms with Gasteiger partial charge in [0.1, 0.15) is 0 Å². The summed E-state index contributed by atoms with van der Waals surface area (Å²) in [6.45, 7) is 0. The van der Waals surface area contributed by atoms with E-state index in [1.807, 2.05) is 24.5 Å². The Hall–Kier alpha value is -2.06. The fourth-order valence-corrected chi connectivity index (χ4v) is 2.41. The van der Waals surface area contributed by atoms with Crippen LogP contribution >= 0.6 is 12.6 Å². The van der Waals surface area contributed by atoms with Crippen molar-refractivity contribution in [3.8, 4) is 22.3 Å². The maximum atomic E-state index is 4.28. The Bertz CT molecular complexity index is 673. The van der Waals surface area contributed by atoms with Crippen molar-refractivity contribution in [2.24, 2.45) is 0 Å². The van der Waals surface area contributed by atoms with Crippen LogP contribution in [0.4, 0.5) is 0 Å². The third-order valence-corrected chi connectivity index (χ3v) is 3.73. The normalized spacial score (nSPS) is 10.4. The van der Waals surface area contributed by atoms with E-state index in [1.165, 1.54) is 27.8 Å². The largest absolute Gasteiger partial charge is 0.265 e. The lowest BCUT2D eigenvalue weighted by atomic mass is 10.0. The molecule has 0 atom stereocenters. The summed E-state index contributed by atoms with van der Waals surface area (Å²) in [5, 5.41) is 0. The highest BCUT2D eigenvalue weighted by Gasteiger charge is 2.00. The van der Waals surface area contributed by atoms with E-state index < -0.39 is 0 Å². The van der Waals surface area contributed by atoms with Gasteiger partial charge in [-0.2, -0.15) is 12.6 Å². The van der Waals surface area contributed by atoms with Crippen molar-refractivity contribution >= 4 is 12.6 Å². The van der Waals surface area contributed by atoms with Gasteiger partial charge in [-0.05, 0) is 39.9 Å². The van der Waals surface area contributed by atoms with Gasteiger partial charge in [-0.25, -0.2) is 0 Å². The fourth-order valence-electron chi connectivity index (χ4n) is 2.20. The molecule has 0 saturated heterocycles. The van der Waals surface area contributed by atoms with Crippen LogP contribution in [-0.2, 0) is 5.75 Å². The molecule has 1 aromatic heterocycles. The molecule has 3 aromatic rings. The molecule has 1 heterocycles. The van der Waals surface area contributed by atoms with Crippen molar-refractivity contribution in [1.29, 1.82) is 0 Å². The van der Waals surface area contributed by atoms with E-state index in [1.54, 1.807) is 0 Å². The molecule has 0 radical (unpaired) electrons. The molecule has 0 unspecified atom stereocenters. The van der Waals surface area contributed by atoms with Gasteiger partial charge in [0.15, 0.2) is 0 Å². The van der Waals surface area contributed by atoms with Gasteiger partial charge in [0.25, 0.3) is 0 Å². The van der Waals surface area contributed by atoms with Crippen molar-refractivity contribution in [2.45, 2.75) is 5.75 Å². The van der Waals surface area contributed by atoms with E-state index >= 15 is 0 Å². The molecule has 0 spiro atoms. The summed E-state index contributed by atoms with van der Waals surface area (Å²) in [6, 6.07) is 21.2. The van der Waals surface area contributed by atoms with Crippen molar-refractivity contribution < 1.29 is 0 Å². The molecule has 0 amide bonds. The minimum Gasteiger partial charge on any atom is -0.265 e. The Balaban J connectivity index is 1.89. The summed E-state index contributed by atoms with van der Waals surface area (Å²) in [4.78, 5) is 4.05. The minimum absolute atomic E-state index is 0.779. The molecule has 0 N–H and O–H groups in total. The highest BCUT2D eigenvalue weighted by molar-refractivity contribution is 7.79. The van der Waals surface area contributed by atoms with Gasteiger partial charge in [-0.3, -0.25) is 4.98 Å². The smallest absolute Gasteiger partial charge is 0.0273 e. The lowest BCUT2D eigenvalue weighted by Gasteiger charge is -2.05. The molecule has 3 rings (SSSR count). The standard InChI is InChI=1S/C18H15NS/c20-13-14-1-3-15(4-2-14)16-5-7-17(8-6-16)18-9-11-19-12-10-18/h1-12,20H,13H2. The monoisotopic (exact) mass is 277 g/mol. The summed E-state index contributed by atoms with van der Waals surface area (Å²) < 4.78 is 0. The highest BCUT2D eigenvalue weighted by Crippen LogP contribution is 2.24. The zero-order valence-electron chi connectivity index (χ0n) is 11.0. The SMILES string of the molecule is SCc1ccc(-c2ccc(-c3ccncc3)cc2)cc1. The van der Waals surface area contributed by atoms with Crippen molar-refractivity contribution in [2.75, 3.05) is 0 Å². The van der Waals surface area contributed by atoms with Crippen LogP contribution in [-0.4, -0.2) is 4.98 Å². The summed E-state index contributed by atoms with van der Waals surface area (Å²) in [5.74, 6) is 0.779. The topological polar surface area (TPSA) is 12.9 Å². The zero-order valence-corrected chi connectivity index (χ0v) is 11.9. The van der Waals surface area contributed by atoms with Crippen LogP contribution in [0.25, 0.3) is 22.3 Å². The van der Waals surface area contributed by atoms with Crippen LogP contribution in [0.1, 0.15) is 5.56 Å². The van der Waals surface area contributed by atoms with Crippen LogP contribution in [0.2, 0.25) is 0 Å². The average molecular weight is 277 g/mol. The number of pyridine rings is 1. The second-order valence-electron chi connectivity index (χ2n) is 4.67. The van der Waals surface area contributed by atoms with Crippen LogP contribution in [0.3, 0.4) is 0 Å². The molecular weight excluding hydrogens is 262 g/mol. The first-order chi connectivity index (χ1) is 9.86. The summed E-state index contributed by atoms with van der Waals surface area (Å²) >= 11 is 4.28. The quantitative estimate of drug-likeness (QED) is 0.676. The van der Waals surface area contributed by atoms with Crippen LogP contribution in [0, 0.1) is 0 Å². The van der Waals surface area contributed by atoms with E-state index in [2.05, 4.69) is 66.1 Å². The Morgan fingerprint density at radius 2 is 1.00 bits per heavy atom. The van der Waals surface area contributed by atoms with Gasteiger partial charge in [0, 0.05) is 18.1 Å². The summed E-state index contributed by atoms with van der Waals surface area (Å²) in [5.41, 5.74) is 6.11. The van der Waals surface area contributed by atoms with E-state index in [0.717, 1.165) is 5.75 Å². The van der Waals surface area contributed by atoms with Crippen LogP contribution < -0.4 is 0 Å². The summed E-state index contributed by atoms with van der Waals surface area (Å²) in [7, 11) is 0. The Labute approximate surface area is 124 Å². The van der Waals surface area contributed by atoms with Gasteiger partial charge in [-0.15, -0.1) is 0 Å². The molecule has 2 heteroatoms. The third-order valence-electron chi connectivity index (χ3n) is 3.37. The Morgan fingerprint density at radius 3 is 1.45 bits per heavy atom. The summed E-state index contributed by atoms with van der Waals surface area (Å²) in [6.07, 6.45) is 3.64. The molecule has 2 aromatic carbocycles. The van der Waals surface area contributed by atoms with Gasteiger partial charge >= 0.3 is 0 Å². The number of nitrogens with zero attached hydrogens (tertiary/aromatic N) is 1. The van der Waals surface area contributed by atoms with E-state index in [0.29, 0.717) is 0 Å². The van der Waals surface area contributed by atoms with Crippen molar-refractivity contribution in [3.63, 3.8) is 0 Å². The van der Waals surface area contributed by atoms with Gasteiger partial charge in [-0.1, -0.05) is 48.5 Å². The highest BCUT2D eigenvalue weighted by atomic mass is 32.1. The van der Waals surface area contributed by atoms with Crippen molar-refractivity contribution in [3.05, 3.63) is 78.6 Å². The molecule has 98 valence electrons. The molecule has 1 nitrogen and oxygen atoms in total. The van der Waals surface area contributed by atoms with E-state index in [-0.39, 0.29) is 0 Å². The van der Waals surface area contributed by atoms with Crippen LogP contribution in [0.5, 0.6) is 0 Å². The molecule has 0 fully saturated rings. The Morgan fingerprint density at radius 1 is 0.600 bits per heavy atom. The predicted octanol–water partition coefficient (Wildman–Crippen LogP) is 4.85. The molecule has 0 bridgehead atoms. The second kappa shape index (κ2) is 5.93. The Kier molecular flexibility index (Phi) is 3.84.